The van der Waals surface area contributed by atoms with Crippen molar-refractivity contribution in [3.63, 3.8) is 0 Å². The summed E-state index contributed by atoms with van der Waals surface area (Å²) >= 11 is 13.6. The van der Waals surface area contributed by atoms with Gasteiger partial charge in [-0.1, -0.05) is 23.3 Å². The number of halogens is 2. The summed E-state index contributed by atoms with van der Waals surface area (Å²) in [5, 5.41) is 20.3. The number of fused-ring (bicyclic) bond motifs is 2. The molecular formula is C26H32Cl2O5. The summed E-state index contributed by atoms with van der Waals surface area (Å²) in [5.74, 6) is -1.87. The van der Waals surface area contributed by atoms with Crippen LogP contribution < -0.4 is 0 Å². The van der Waals surface area contributed by atoms with Crippen molar-refractivity contribution < 1.29 is 24.5 Å². The maximum absolute atomic E-state index is 14.0. The Kier molecular flexibility index (Phi) is 6.84. The van der Waals surface area contributed by atoms with Crippen LogP contribution in [0.1, 0.15) is 86.6 Å². The summed E-state index contributed by atoms with van der Waals surface area (Å²) in [6.45, 7) is 11.0. The molecule has 5 nitrogen and oxygen atoms in total. The van der Waals surface area contributed by atoms with E-state index in [0.29, 0.717) is 0 Å². The topological polar surface area (TPSA) is 83.8 Å². The van der Waals surface area contributed by atoms with Crippen LogP contribution in [0.25, 0.3) is 0 Å². The van der Waals surface area contributed by atoms with E-state index >= 15 is 0 Å². The first-order chi connectivity index (χ1) is 15.2. The molecule has 180 valence electrons. The second-order valence-electron chi connectivity index (χ2n) is 10.0. The van der Waals surface area contributed by atoms with Crippen LogP contribution in [-0.4, -0.2) is 43.2 Å². The van der Waals surface area contributed by atoms with Crippen molar-refractivity contribution in [2.75, 3.05) is 0 Å². The molecule has 0 bridgehead atoms. The third-order valence-corrected chi connectivity index (χ3v) is 8.16. The highest BCUT2D eigenvalue weighted by atomic mass is 35.5. The van der Waals surface area contributed by atoms with Gasteiger partial charge < -0.3 is 14.9 Å². The number of Topliss-reactive ketones (excluding diaryl/α,β-unsaturated/α-hetero) is 2. The zero-order valence-electron chi connectivity index (χ0n) is 20.0. The van der Waals surface area contributed by atoms with Crippen molar-refractivity contribution in [2.24, 2.45) is 0 Å². The van der Waals surface area contributed by atoms with E-state index in [4.69, 9.17) is 27.9 Å². The highest BCUT2D eigenvalue weighted by Gasteiger charge is 2.70. The molecule has 0 aromatic heterocycles. The van der Waals surface area contributed by atoms with E-state index in [1.807, 2.05) is 26.8 Å². The minimum Gasteiger partial charge on any atom is -0.508 e. The first-order valence-corrected chi connectivity index (χ1v) is 12.0. The van der Waals surface area contributed by atoms with Gasteiger partial charge in [-0.05, 0) is 66.9 Å². The summed E-state index contributed by atoms with van der Waals surface area (Å²) in [7, 11) is 0. The van der Waals surface area contributed by atoms with Crippen LogP contribution in [0, 0.1) is 6.92 Å². The number of benzene rings is 1. The largest absolute Gasteiger partial charge is 0.508 e. The predicted molar refractivity (Wildman–Crippen MR) is 131 cm³/mol. The number of ketones is 2. The lowest BCUT2D eigenvalue weighted by atomic mass is 9.63. The van der Waals surface area contributed by atoms with Gasteiger partial charge in [-0.25, -0.2) is 0 Å². The Labute approximate surface area is 205 Å². The summed E-state index contributed by atoms with van der Waals surface area (Å²) in [6.07, 6.45) is 5.75. The van der Waals surface area contributed by atoms with Crippen molar-refractivity contribution in [2.45, 2.75) is 88.7 Å². The van der Waals surface area contributed by atoms with Crippen molar-refractivity contribution >= 4 is 34.8 Å². The lowest BCUT2D eigenvalue weighted by molar-refractivity contribution is -0.157. The van der Waals surface area contributed by atoms with Crippen LogP contribution in [0.15, 0.2) is 29.4 Å². The van der Waals surface area contributed by atoms with Crippen LogP contribution in [0.4, 0.5) is 0 Å². The lowest BCUT2D eigenvalue weighted by Crippen LogP contribution is -2.72. The van der Waals surface area contributed by atoms with Gasteiger partial charge in [0.1, 0.15) is 16.4 Å². The fourth-order valence-electron chi connectivity index (χ4n) is 4.64. The van der Waals surface area contributed by atoms with E-state index in [9.17, 15) is 19.8 Å². The Morgan fingerprint density at radius 1 is 1.18 bits per heavy atom. The van der Waals surface area contributed by atoms with Gasteiger partial charge in [-0.3, -0.25) is 9.59 Å². The van der Waals surface area contributed by atoms with E-state index in [1.54, 1.807) is 13.8 Å². The van der Waals surface area contributed by atoms with Crippen LogP contribution in [0.5, 0.6) is 11.5 Å². The number of aromatic hydroxyl groups is 2. The van der Waals surface area contributed by atoms with Crippen molar-refractivity contribution in [1.82, 2.24) is 0 Å². The zero-order valence-corrected chi connectivity index (χ0v) is 21.5. The molecule has 2 N–H and O–H groups in total. The number of phenols is 2. The van der Waals surface area contributed by atoms with E-state index in [2.05, 4.69) is 6.08 Å². The maximum Gasteiger partial charge on any atom is 0.198 e. The molecule has 0 spiro atoms. The van der Waals surface area contributed by atoms with Gasteiger partial charge in [0.2, 0.25) is 0 Å². The average Bonchev–Trinajstić information content (AvgIpc) is 2.71. The highest BCUT2D eigenvalue weighted by Crippen LogP contribution is 2.57. The van der Waals surface area contributed by atoms with E-state index in [0.717, 1.165) is 18.4 Å². The molecule has 0 radical (unpaired) electrons. The molecule has 0 amide bonds. The van der Waals surface area contributed by atoms with Gasteiger partial charge in [0.15, 0.2) is 17.2 Å². The number of hydrogen-bond acceptors (Lipinski definition) is 5. The molecule has 3 atom stereocenters. The van der Waals surface area contributed by atoms with Crippen LogP contribution in [-0.2, 0) is 4.74 Å². The minimum atomic E-state index is -1.80. The van der Waals surface area contributed by atoms with Gasteiger partial charge in [-0.15, -0.1) is 23.2 Å². The molecular weight excluding hydrogens is 463 g/mol. The summed E-state index contributed by atoms with van der Waals surface area (Å²) in [6, 6.07) is 1.22. The molecule has 1 saturated heterocycles. The third kappa shape index (κ3) is 4.13. The van der Waals surface area contributed by atoms with Gasteiger partial charge in [0.25, 0.3) is 0 Å². The average molecular weight is 495 g/mol. The van der Waals surface area contributed by atoms with Gasteiger partial charge in [0.05, 0.1) is 16.5 Å². The van der Waals surface area contributed by atoms with Crippen LogP contribution in [0.2, 0.25) is 0 Å². The third-order valence-electron chi connectivity index (χ3n) is 6.85. The van der Waals surface area contributed by atoms with E-state index in [1.165, 1.54) is 18.6 Å². The second kappa shape index (κ2) is 8.75. The SMILES string of the molecule is CC(C)=CCCC(C)=CCC12OC(C)(C)C(Cl)CC1(Cl)C(=O)c1c(cc(O)c(C)c1O)C2=O. The van der Waals surface area contributed by atoms with Crippen molar-refractivity contribution in [1.29, 1.82) is 0 Å². The standard InChI is InChI=1S/C26H32Cl2O5/c1-14(2)8-7-9-15(3)10-11-26-22(31)17-12-18(29)16(4)21(30)20(17)23(32)25(26,28)13-19(27)24(5,6)33-26/h8,10,12,19,29-30H,7,9,11,13H2,1-6H3. The number of carbonyl (C=O) groups excluding carboxylic acids is 2. The number of alkyl halides is 2. The molecule has 7 heteroatoms. The summed E-state index contributed by atoms with van der Waals surface area (Å²) < 4.78 is 6.37. The van der Waals surface area contributed by atoms with Crippen LogP contribution in [0.3, 0.4) is 0 Å². The number of hydrogen-bond donors (Lipinski definition) is 2. The molecule has 3 unspecified atom stereocenters. The maximum atomic E-state index is 14.0. The quantitative estimate of drug-likeness (QED) is 0.365. The lowest BCUT2D eigenvalue weighted by Gasteiger charge is -2.56. The fourth-order valence-corrected chi connectivity index (χ4v) is 5.44. The smallest absolute Gasteiger partial charge is 0.198 e. The number of phenolic OH excluding ortho intramolecular Hbond substituents is 2. The summed E-state index contributed by atoms with van der Waals surface area (Å²) in [4.78, 5) is 26.0. The van der Waals surface area contributed by atoms with Gasteiger partial charge >= 0.3 is 0 Å². The first-order valence-electron chi connectivity index (χ1n) is 11.1. The van der Waals surface area contributed by atoms with Crippen LogP contribution >= 0.6 is 23.2 Å². The van der Waals surface area contributed by atoms with Crippen molar-refractivity contribution in [3.05, 3.63) is 46.1 Å². The minimum absolute atomic E-state index is 0.00283. The second-order valence-corrected chi connectivity index (χ2v) is 11.2. The Morgan fingerprint density at radius 2 is 1.82 bits per heavy atom. The predicted octanol–water partition coefficient (Wildman–Crippen LogP) is 6.39. The summed E-state index contributed by atoms with van der Waals surface area (Å²) in [5.41, 5.74) is -0.557. The molecule has 1 aliphatic carbocycles. The molecule has 1 aliphatic heterocycles. The molecule has 2 aliphatic rings. The molecule has 3 rings (SSSR count). The fraction of sp³-hybridized carbons (Fsp3) is 0.538. The Morgan fingerprint density at radius 3 is 2.42 bits per heavy atom. The number of carbonyl (C=O) groups is 2. The van der Waals surface area contributed by atoms with Gasteiger partial charge in [-0.2, -0.15) is 0 Å². The van der Waals surface area contributed by atoms with E-state index in [-0.39, 0.29) is 35.3 Å². The molecule has 1 aromatic rings. The Hall–Kier alpha value is -1.82. The normalized spacial score (nSPS) is 28.8. The Balaban J connectivity index is 2.17. The number of rotatable bonds is 5. The zero-order chi connectivity index (χ0) is 24.9. The monoisotopic (exact) mass is 494 g/mol. The Bertz CT molecular complexity index is 1070. The molecule has 33 heavy (non-hydrogen) atoms. The molecule has 0 saturated carbocycles. The van der Waals surface area contributed by atoms with Gasteiger partial charge in [0, 0.05) is 17.5 Å². The molecule has 1 heterocycles. The molecule has 1 aromatic carbocycles. The first kappa shape index (κ1) is 25.8. The van der Waals surface area contributed by atoms with E-state index < -0.39 is 38.8 Å². The number of ether oxygens (including phenoxy) is 1. The highest BCUT2D eigenvalue weighted by molar-refractivity contribution is 6.45. The number of allylic oxidation sites excluding steroid dienone is 3. The van der Waals surface area contributed by atoms with Crippen molar-refractivity contribution in [3.8, 4) is 11.5 Å². The molecule has 1 fully saturated rings.